The molecule has 0 saturated heterocycles. The standard InChI is InChI=1S/C8H10F4N2/c1-4(2)5-6(8(10,11)12)13-14(3)7(5)9/h4H,1-3H3. The van der Waals surface area contributed by atoms with Crippen molar-refractivity contribution in [2.45, 2.75) is 25.9 Å². The summed E-state index contributed by atoms with van der Waals surface area (Å²) >= 11 is 0. The number of hydrogen-bond donors (Lipinski definition) is 0. The monoisotopic (exact) mass is 210 g/mol. The fraction of sp³-hybridized carbons (Fsp3) is 0.625. The van der Waals surface area contributed by atoms with E-state index in [0.29, 0.717) is 4.68 Å². The number of nitrogens with zero attached hydrogens (tertiary/aromatic N) is 2. The number of halogens is 4. The van der Waals surface area contributed by atoms with Crippen LogP contribution >= 0.6 is 0 Å². The zero-order valence-corrected chi connectivity index (χ0v) is 7.98. The fourth-order valence-electron chi connectivity index (χ4n) is 1.24. The van der Waals surface area contributed by atoms with Crippen molar-refractivity contribution in [3.8, 4) is 0 Å². The summed E-state index contributed by atoms with van der Waals surface area (Å²) in [5, 5.41) is 3.12. The molecular weight excluding hydrogens is 200 g/mol. The summed E-state index contributed by atoms with van der Waals surface area (Å²) in [5.41, 5.74) is -1.51. The van der Waals surface area contributed by atoms with E-state index in [1.807, 2.05) is 0 Å². The van der Waals surface area contributed by atoms with E-state index in [1.165, 1.54) is 13.8 Å². The highest BCUT2D eigenvalue weighted by molar-refractivity contribution is 5.24. The minimum atomic E-state index is -4.60. The lowest BCUT2D eigenvalue weighted by Crippen LogP contribution is -2.10. The van der Waals surface area contributed by atoms with Gasteiger partial charge in [0.15, 0.2) is 5.69 Å². The smallest absolute Gasteiger partial charge is 0.242 e. The third-order valence-corrected chi connectivity index (χ3v) is 1.86. The van der Waals surface area contributed by atoms with Crippen molar-refractivity contribution in [3.05, 3.63) is 17.2 Å². The molecular formula is C8H10F4N2. The number of rotatable bonds is 1. The molecule has 0 aliphatic rings. The van der Waals surface area contributed by atoms with Crippen LogP contribution in [0.3, 0.4) is 0 Å². The lowest BCUT2D eigenvalue weighted by Gasteiger charge is -2.07. The number of aromatic nitrogens is 2. The Hall–Kier alpha value is -1.07. The van der Waals surface area contributed by atoms with Gasteiger partial charge in [0.25, 0.3) is 0 Å². The van der Waals surface area contributed by atoms with Gasteiger partial charge in [0.05, 0.1) is 0 Å². The highest BCUT2D eigenvalue weighted by atomic mass is 19.4. The molecule has 14 heavy (non-hydrogen) atoms. The van der Waals surface area contributed by atoms with Crippen molar-refractivity contribution >= 4 is 0 Å². The van der Waals surface area contributed by atoms with Crippen LogP contribution in [0.15, 0.2) is 0 Å². The first-order chi connectivity index (χ1) is 6.25. The predicted octanol–water partition coefficient (Wildman–Crippen LogP) is 2.70. The molecule has 6 heteroatoms. The number of hydrogen-bond acceptors (Lipinski definition) is 1. The molecule has 0 aromatic carbocycles. The number of alkyl halides is 3. The van der Waals surface area contributed by atoms with Crippen molar-refractivity contribution in [1.29, 1.82) is 0 Å². The quantitative estimate of drug-likeness (QED) is 0.651. The van der Waals surface area contributed by atoms with Gasteiger partial charge in [-0.15, -0.1) is 0 Å². The topological polar surface area (TPSA) is 17.8 Å². The SMILES string of the molecule is CC(C)c1c(C(F)(F)F)nn(C)c1F. The van der Waals surface area contributed by atoms with Crippen LogP contribution in [0.5, 0.6) is 0 Å². The Bertz CT molecular complexity index is 338. The lowest BCUT2D eigenvalue weighted by molar-refractivity contribution is -0.142. The fourth-order valence-corrected chi connectivity index (χ4v) is 1.24. The molecule has 0 aliphatic carbocycles. The molecule has 1 aromatic rings. The highest BCUT2D eigenvalue weighted by Gasteiger charge is 2.39. The average molecular weight is 210 g/mol. The molecule has 1 heterocycles. The van der Waals surface area contributed by atoms with Gasteiger partial charge in [0, 0.05) is 12.6 Å². The zero-order chi connectivity index (χ0) is 11.1. The van der Waals surface area contributed by atoms with E-state index in [9.17, 15) is 17.6 Å². The molecule has 1 rings (SSSR count). The molecule has 0 unspecified atom stereocenters. The van der Waals surface area contributed by atoms with Gasteiger partial charge >= 0.3 is 6.18 Å². The van der Waals surface area contributed by atoms with Gasteiger partial charge in [-0.1, -0.05) is 13.8 Å². The van der Waals surface area contributed by atoms with Crippen molar-refractivity contribution in [1.82, 2.24) is 9.78 Å². The first kappa shape index (κ1) is 11.0. The summed E-state index contributed by atoms with van der Waals surface area (Å²) in [6.45, 7) is 2.99. The van der Waals surface area contributed by atoms with E-state index in [4.69, 9.17) is 0 Å². The van der Waals surface area contributed by atoms with E-state index in [1.54, 1.807) is 0 Å². The molecule has 0 radical (unpaired) electrons. The third-order valence-electron chi connectivity index (χ3n) is 1.86. The van der Waals surface area contributed by atoms with Crippen molar-refractivity contribution in [2.24, 2.45) is 7.05 Å². The first-order valence-corrected chi connectivity index (χ1v) is 4.04. The largest absolute Gasteiger partial charge is 0.435 e. The molecule has 0 aliphatic heterocycles. The Labute approximate surface area is 78.5 Å². The van der Waals surface area contributed by atoms with E-state index < -0.39 is 23.7 Å². The highest BCUT2D eigenvalue weighted by Crippen LogP contribution is 2.35. The molecule has 0 N–H and O–H groups in total. The predicted molar refractivity (Wildman–Crippen MR) is 42.3 cm³/mol. The second kappa shape index (κ2) is 3.25. The maximum atomic E-state index is 13.2. The van der Waals surface area contributed by atoms with Gasteiger partial charge in [-0.2, -0.15) is 22.7 Å². The summed E-state index contributed by atoms with van der Waals surface area (Å²) < 4.78 is 50.9. The first-order valence-electron chi connectivity index (χ1n) is 4.04. The van der Waals surface area contributed by atoms with E-state index >= 15 is 0 Å². The second-order valence-corrected chi connectivity index (χ2v) is 3.33. The van der Waals surface area contributed by atoms with Crippen molar-refractivity contribution in [3.63, 3.8) is 0 Å². The Morgan fingerprint density at radius 1 is 1.29 bits per heavy atom. The van der Waals surface area contributed by atoms with Gasteiger partial charge in [0.2, 0.25) is 5.95 Å². The Kier molecular flexibility index (Phi) is 2.56. The minimum Gasteiger partial charge on any atom is -0.242 e. The third kappa shape index (κ3) is 1.73. The van der Waals surface area contributed by atoms with Crippen LogP contribution in [0.25, 0.3) is 0 Å². The van der Waals surface area contributed by atoms with Crippen LogP contribution in [-0.2, 0) is 13.2 Å². The minimum absolute atomic E-state index is 0.375. The molecule has 0 spiro atoms. The summed E-state index contributed by atoms with van der Waals surface area (Å²) in [6.07, 6.45) is -4.60. The van der Waals surface area contributed by atoms with Crippen LogP contribution in [0.1, 0.15) is 31.0 Å². The van der Waals surface area contributed by atoms with Gasteiger partial charge in [0.1, 0.15) is 0 Å². The summed E-state index contributed by atoms with van der Waals surface area (Å²) in [5.74, 6) is -1.47. The van der Waals surface area contributed by atoms with E-state index in [2.05, 4.69) is 5.10 Å². The second-order valence-electron chi connectivity index (χ2n) is 3.33. The normalized spacial score (nSPS) is 12.6. The molecule has 0 atom stereocenters. The van der Waals surface area contributed by atoms with Crippen LogP contribution in [0.4, 0.5) is 17.6 Å². The van der Waals surface area contributed by atoms with Gasteiger partial charge < -0.3 is 0 Å². The summed E-state index contributed by atoms with van der Waals surface area (Å²) in [7, 11) is 1.15. The number of aryl methyl sites for hydroxylation is 1. The van der Waals surface area contributed by atoms with Crippen LogP contribution < -0.4 is 0 Å². The van der Waals surface area contributed by atoms with E-state index in [0.717, 1.165) is 7.05 Å². The van der Waals surface area contributed by atoms with Gasteiger partial charge in [-0.3, -0.25) is 0 Å². The maximum Gasteiger partial charge on any atom is 0.435 e. The lowest BCUT2D eigenvalue weighted by atomic mass is 10.0. The van der Waals surface area contributed by atoms with Gasteiger partial charge in [-0.05, 0) is 5.92 Å². The average Bonchev–Trinajstić information content (AvgIpc) is 2.27. The molecule has 0 saturated carbocycles. The molecule has 0 fully saturated rings. The van der Waals surface area contributed by atoms with Crippen LogP contribution in [-0.4, -0.2) is 9.78 Å². The van der Waals surface area contributed by atoms with Crippen molar-refractivity contribution in [2.75, 3.05) is 0 Å². The molecule has 0 amide bonds. The van der Waals surface area contributed by atoms with Crippen LogP contribution in [0, 0.1) is 5.95 Å². The zero-order valence-electron chi connectivity index (χ0n) is 7.98. The molecule has 2 nitrogen and oxygen atoms in total. The summed E-state index contributed by atoms with van der Waals surface area (Å²) in [4.78, 5) is 0. The van der Waals surface area contributed by atoms with E-state index in [-0.39, 0.29) is 5.56 Å². The van der Waals surface area contributed by atoms with Crippen LogP contribution in [0.2, 0.25) is 0 Å². The Morgan fingerprint density at radius 3 is 2.07 bits per heavy atom. The van der Waals surface area contributed by atoms with Gasteiger partial charge in [-0.25, -0.2) is 4.68 Å². The summed E-state index contributed by atoms with van der Waals surface area (Å²) in [6, 6.07) is 0. The Balaban J connectivity index is 3.37. The Morgan fingerprint density at radius 2 is 1.79 bits per heavy atom. The van der Waals surface area contributed by atoms with Crippen molar-refractivity contribution < 1.29 is 17.6 Å². The molecule has 1 aromatic heterocycles. The maximum absolute atomic E-state index is 13.2. The molecule has 0 bridgehead atoms. The molecule has 80 valence electrons.